The van der Waals surface area contributed by atoms with Gasteiger partial charge in [0.25, 0.3) is 5.91 Å². The lowest BCUT2D eigenvalue weighted by Crippen LogP contribution is -2.61. The Balaban J connectivity index is 1.56. The topological polar surface area (TPSA) is 188 Å². The van der Waals surface area contributed by atoms with Gasteiger partial charge in [-0.15, -0.1) is 0 Å². The van der Waals surface area contributed by atoms with Crippen LogP contribution in [0.15, 0.2) is 0 Å². The van der Waals surface area contributed by atoms with E-state index in [2.05, 4.69) is 29.8 Å². The Morgan fingerprint density at radius 1 is 0.957 bits per heavy atom. The van der Waals surface area contributed by atoms with E-state index in [1.165, 1.54) is 11.4 Å². The Bertz CT molecular complexity index is 1330. The lowest BCUT2D eigenvalue weighted by atomic mass is 9.80. The molecule has 4 aliphatic rings. The van der Waals surface area contributed by atoms with Crippen molar-refractivity contribution in [2.75, 3.05) is 26.4 Å². The first-order chi connectivity index (χ1) is 21.7. The molecule has 0 aromatic heterocycles. The number of amides is 5. The van der Waals surface area contributed by atoms with E-state index in [-0.39, 0.29) is 41.5 Å². The van der Waals surface area contributed by atoms with Crippen molar-refractivity contribution in [1.29, 1.82) is 0 Å². The molecule has 14 heteroatoms. The number of nitrogens with one attached hydrogen (secondary N) is 3. The van der Waals surface area contributed by atoms with Gasteiger partial charge in [0.15, 0.2) is 0 Å². The first-order valence-corrected chi connectivity index (χ1v) is 19.0. The van der Waals surface area contributed by atoms with E-state index in [0.29, 0.717) is 13.0 Å². The maximum atomic E-state index is 14.5. The van der Waals surface area contributed by atoms with Gasteiger partial charge in [0.05, 0.1) is 12.3 Å². The largest absolute Gasteiger partial charge is 0.363 e. The molecule has 0 bridgehead atoms. The number of nitrogens with two attached hydrogens (primary N) is 1. The summed E-state index contributed by atoms with van der Waals surface area (Å²) < 4.78 is 25.5. The Kier molecular flexibility index (Phi) is 11.1. The van der Waals surface area contributed by atoms with Crippen LogP contribution in [0.25, 0.3) is 0 Å². The first kappa shape index (κ1) is 37.1. The second-order valence-electron chi connectivity index (χ2n) is 16.2. The van der Waals surface area contributed by atoms with Crippen LogP contribution in [0.4, 0.5) is 4.79 Å². The number of likely N-dealkylation sites (tertiary alicyclic amines) is 1. The quantitative estimate of drug-likeness (QED) is 0.213. The van der Waals surface area contributed by atoms with Gasteiger partial charge in [-0.25, -0.2) is 17.5 Å². The van der Waals surface area contributed by atoms with Crippen LogP contribution in [0.1, 0.15) is 92.4 Å². The fourth-order valence-electron chi connectivity index (χ4n) is 7.83. The van der Waals surface area contributed by atoms with E-state index in [1.54, 1.807) is 4.90 Å². The zero-order chi connectivity index (χ0) is 35.1. The highest BCUT2D eigenvalue weighted by Gasteiger charge is 2.69. The van der Waals surface area contributed by atoms with Gasteiger partial charge in [0, 0.05) is 26.2 Å². The van der Waals surface area contributed by atoms with Crippen LogP contribution in [0.2, 0.25) is 0 Å². The Labute approximate surface area is 279 Å². The summed E-state index contributed by atoms with van der Waals surface area (Å²) in [5.41, 5.74) is 4.67. The van der Waals surface area contributed by atoms with Crippen molar-refractivity contribution in [3.63, 3.8) is 0 Å². The van der Waals surface area contributed by atoms with Crippen LogP contribution < -0.4 is 21.7 Å². The van der Waals surface area contributed by atoms with Gasteiger partial charge in [-0.2, -0.15) is 0 Å². The van der Waals surface area contributed by atoms with Crippen molar-refractivity contribution >= 4 is 39.6 Å². The molecule has 5 amide bonds. The summed E-state index contributed by atoms with van der Waals surface area (Å²) in [5, 5.41) is 8.69. The average molecular weight is 681 g/mol. The summed E-state index contributed by atoms with van der Waals surface area (Å²) in [7, 11) is -2.03. The molecule has 4 rings (SSSR count). The van der Waals surface area contributed by atoms with Gasteiger partial charge in [0.1, 0.15) is 12.1 Å². The van der Waals surface area contributed by atoms with E-state index < -0.39 is 63.2 Å². The smallest absolute Gasteiger partial charge is 0.315 e. The minimum Gasteiger partial charge on any atom is -0.363 e. The SMILES string of the molecule is CN(C[C@@H](NC(=O)N[C@H](C(=O)N1C[C@H]2[C@@H]([C@H]1C(=O)NC(CC1CCC1)C(=O)C(N)=O)C2(C)C)C1CCCCC1)C(C)(C)C)S(C)(=O)=O. The summed E-state index contributed by atoms with van der Waals surface area (Å²) in [6, 6.07) is -3.92. The number of carbonyl (C=O) groups is 5. The number of fused-ring (bicyclic) bond motifs is 1. The van der Waals surface area contributed by atoms with Crippen LogP contribution >= 0.6 is 0 Å². The average Bonchev–Trinajstić information content (AvgIpc) is 3.26. The molecular formula is C33H56N6O7S. The minimum absolute atomic E-state index is 0.0522. The fraction of sp³-hybridized carbons (Fsp3) is 0.848. The Morgan fingerprint density at radius 2 is 1.57 bits per heavy atom. The van der Waals surface area contributed by atoms with Gasteiger partial charge in [0.2, 0.25) is 27.6 Å². The summed E-state index contributed by atoms with van der Waals surface area (Å²) >= 11 is 0. The number of nitrogens with zero attached hydrogens (tertiary/aromatic N) is 2. The second-order valence-corrected chi connectivity index (χ2v) is 18.3. The van der Waals surface area contributed by atoms with Gasteiger partial charge >= 0.3 is 6.03 Å². The molecule has 13 nitrogen and oxygen atoms in total. The maximum absolute atomic E-state index is 14.5. The number of hydrogen-bond acceptors (Lipinski definition) is 7. The molecule has 0 radical (unpaired) electrons. The number of primary amides is 1. The normalized spacial score (nSPS) is 26.4. The lowest BCUT2D eigenvalue weighted by Gasteiger charge is -2.38. The highest BCUT2D eigenvalue weighted by Crippen LogP contribution is 2.65. The Hall–Kier alpha value is -2.74. The van der Waals surface area contributed by atoms with Crippen molar-refractivity contribution < 1.29 is 32.4 Å². The number of hydrogen-bond donors (Lipinski definition) is 4. The molecule has 4 fully saturated rings. The first-order valence-electron chi connectivity index (χ1n) is 17.2. The van der Waals surface area contributed by atoms with E-state index in [9.17, 15) is 32.4 Å². The molecule has 5 N–H and O–H groups in total. The van der Waals surface area contributed by atoms with Crippen LogP contribution in [-0.2, 0) is 29.2 Å². The van der Waals surface area contributed by atoms with Gasteiger partial charge in [-0.3, -0.25) is 19.2 Å². The lowest BCUT2D eigenvalue weighted by molar-refractivity contribution is -0.144. The predicted octanol–water partition coefficient (Wildman–Crippen LogP) is 1.75. The van der Waals surface area contributed by atoms with Crippen molar-refractivity contribution in [3.05, 3.63) is 0 Å². The number of Topliss-reactive ketones (excluding diaryl/α,β-unsaturated/α-hetero) is 1. The predicted molar refractivity (Wildman–Crippen MR) is 177 cm³/mol. The monoisotopic (exact) mass is 680 g/mol. The third-order valence-electron chi connectivity index (χ3n) is 11.5. The molecule has 1 unspecified atom stereocenters. The summed E-state index contributed by atoms with van der Waals surface area (Å²) in [6.45, 7) is 10.2. The number of rotatable bonds is 13. The molecular weight excluding hydrogens is 624 g/mol. The van der Waals surface area contributed by atoms with Gasteiger partial charge in [-0.05, 0) is 53.8 Å². The fourth-order valence-corrected chi connectivity index (χ4v) is 8.25. The van der Waals surface area contributed by atoms with E-state index in [0.717, 1.165) is 57.6 Å². The summed E-state index contributed by atoms with van der Waals surface area (Å²) in [4.78, 5) is 68.3. The van der Waals surface area contributed by atoms with Crippen LogP contribution in [0, 0.1) is 34.5 Å². The van der Waals surface area contributed by atoms with E-state index in [4.69, 9.17) is 5.73 Å². The third kappa shape index (κ3) is 8.47. The molecule has 266 valence electrons. The number of urea groups is 1. The van der Waals surface area contributed by atoms with Gasteiger partial charge in [-0.1, -0.05) is 73.1 Å². The summed E-state index contributed by atoms with van der Waals surface area (Å²) in [5.74, 6) is -2.70. The number of likely N-dealkylation sites (N-methyl/N-ethyl adjacent to an activating group) is 1. The van der Waals surface area contributed by atoms with E-state index in [1.807, 2.05) is 20.8 Å². The molecule has 3 aliphatic carbocycles. The number of piperidine rings is 1. The molecule has 6 atom stereocenters. The van der Waals surface area contributed by atoms with Crippen LogP contribution in [0.3, 0.4) is 0 Å². The number of ketones is 1. The van der Waals surface area contributed by atoms with Crippen LogP contribution in [-0.4, -0.2) is 97.7 Å². The van der Waals surface area contributed by atoms with Crippen LogP contribution in [0.5, 0.6) is 0 Å². The molecule has 1 heterocycles. The van der Waals surface area contributed by atoms with Crippen molar-refractivity contribution in [2.45, 2.75) is 117 Å². The minimum atomic E-state index is -3.49. The molecule has 0 spiro atoms. The number of carbonyl (C=O) groups excluding carboxylic acids is 5. The van der Waals surface area contributed by atoms with E-state index >= 15 is 0 Å². The van der Waals surface area contributed by atoms with Crippen molar-refractivity contribution in [3.8, 4) is 0 Å². The molecule has 1 saturated heterocycles. The van der Waals surface area contributed by atoms with Gasteiger partial charge < -0.3 is 26.6 Å². The zero-order valence-electron chi connectivity index (χ0n) is 29.1. The zero-order valence-corrected chi connectivity index (χ0v) is 30.0. The molecule has 0 aromatic carbocycles. The molecule has 0 aromatic rings. The molecule has 47 heavy (non-hydrogen) atoms. The molecule has 1 aliphatic heterocycles. The maximum Gasteiger partial charge on any atom is 0.315 e. The standard InChI is InChI=1S/C33H56N6O7S/c1-32(2,3)23(18-38(6)47(7,45)46)36-31(44)37-25(20-14-9-8-10-15-20)30(43)39-17-21-24(33(21,4)5)26(39)29(42)35-22(27(40)28(34)41)16-19-12-11-13-19/h19-26H,8-18H2,1-7H3,(H2,34,41)(H,35,42)(H2,36,37,44)/t21-,22?,23+,24-,25-,26-/m0/s1. The number of sulfonamides is 1. The van der Waals surface area contributed by atoms with Crippen molar-refractivity contribution in [2.24, 2.45) is 40.2 Å². The van der Waals surface area contributed by atoms with Crippen molar-refractivity contribution in [1.82, 2.24) is 25.2 Å². The highest BCUT2D eigenvalue weighted by molar-refractivity contribution is 7.88. The second kappa shape index (κ2) is 14.0. The highest BCUT2D eigenvalue weighted by atomic mass is 32.2. The third-order valence-corrected chi connectivity index (χ3v) is 12.7. The summed E-state index contributed by atoms with van der Waals surface area (Å²) in [6.07, 6.45) is 8.68. The molecule has 3 saturated carbocycles. The Morgan fingerprint density at radius 3 is 2.09 bits per heavy atom.